The van der Waals surface area contributed by atoms with Crippen molar-refractivity contribution < 1.29 is 64.6 Å². The predicted molar refractivity (Wildman–Crippen MR) is 272 cm³/mol. The van der Waals surface area contributed by atoms with Crippen LogP contribution in [0.5, 0.6) is 11.5 Å². The molecule has 2 unspecified atom stereocenters. The van der Waals surface area contributed by atoms with Gasteiger partial charge < -0.3 is 40.9 Å². The van der Waals surface area contributed by atoms with Gasteiger partial charge in [0.1, 0.15) is 0 Å². The van der Waals surface area contributed by atoms with Gasteiger partial charge in [0.2, 0.25) is 11.9 Å². The Bertz CT molecular complexity index is 2670. The molecule has 8 rings (SSSR count). The van der Waals surface area contributed by atoms with Crippen molar-refractivity contribution in [2.24, 2.45) is 0 Å². The molecule has 2 aliphatic rings. The Morgan fingerprint density at radius 1 is 0.797 bits per heavy atom. The Morgan fingerprint density at radius 2 is 1.28 bits per heavy atom. The zero-order valence-electron chi connectivity index (χ0n) is 41.0. The number of nitrogens with zero attached hydrogens (tertiary/aromatic N) is 7. The van der Waals surface area contributed by atoms with E-state index in [-0.39, 0.29) is 72.6 Å². The van der Waals surface area contributed by atoms with Crippen LogP contribution in [0.4, 0.5) is 25.1 Å². The molecule has 6 aromatic rings. The second-order valence-corrected chi connectivity index (χ2v) is 18.0. The zero-order valence-corrected chi connectivity index (χ0v) is 45.7. The molecule has 0 saturated heterocycles. The van der Waals surface area contributed by atoms with E-state index >= 15 is 0 Å². The molecule has 0 aliphatic carbocycles. The summed E-state index contributed by atoms with van der Waals surface area (Å²) in [5.74, 6) is 0.999. The van der Waals surface area contributed by atoms with E-state index in [1.807, 2.05) is 68.5 Å². The summed E-state index contributed by atoms with van der Waals surface area (Å²) in [4.78, 5) is 43.9. The van der Waals surface area contributed by atoms with Crippen molar-refractivity contribution in [3.63, 3.8) is 0 Å². The summed E-state index contributed by atoms with van der Waals surface area (Å²) in [7, 11) is 2.67. The third-order valence-electron chi connectivity index (χ3n) is 10.7. The number of ether oxygens (including phenoxy) is 2. The molecule has 0 saturated carbocycles. The number of rotatable bonds is 13. The summed E-state index contributed by atoms with van der Waals surface area (Å²) in [6.45, 7) is 10.8. The zero-order chi connectivity index (χ0) is 49.5. The number of amides is 2. The first-order valence-corrected chi connectivity index (χ1v) is 23.8. The third-order valence-corrected chi connectivity index (χ3v) is 12.6. The van der Waals surface area contributed by atoms with Crippen LogP contribution in [0, 0.1) is 11.6 Å². The minimum absolute atomic E-state index is 0. The molecule has 6 heterocycles. The van der Waals surface area contributed by atoms with Gasteiger partial charge in [0.05, 0.1) is 69.5 Å². The van der Waals surface area contributed by atoms with E-state index in [0.29, 0.717) is 50.7 Å². The average molecular weight is 1160 g/mol. The maximum absolute atomic E-state index is 14.0. The fraction of sp³-hybridized carbons (Fsp3) is 0.375. The number of carbonyl (C=O) groups is 2. The number of fused-ring (bicyclic) bond motifs is 2. The van der Waals surface area contributed by atoms with Crippen LogP contribution in [0.1, 0.15) is 103 Å². The van der Waals surface area contributed by atoms with E-state index in [1.54, 1.807) is 36.4 Å². The number of benzene rings is 2. The number of carbonyl (C=O) groups excluding carboxylic acids is 2. The molecular weight excluding hydrogens is 1100 g/mol. The first kappa shape index (κ1) is 57.1. The van der Waals surface area contributed by atoms with Gasteiger partial charge in [-0.1, -0.05) is 55.2 Å². The molecule has 0 radical (unpaired) electrons. The molecule has 69 heavy (non-hydrogen) atoms. The maximum atomic E-state index is 14.0. The van der Waals surface area contributed by atoms with E-state index in [4.69, 9.17) is 10.8 Å². The summed E-state index contributed by atoms with van der Waals surface area (Å²) < 4.78 is 58.8. The van der Waals surface area contributed by atoms with Crippen LogP contribution in [0.25, 0.3) is 0 Å². The number of hydrogen-bond donors (Lipinski definition) is 3. The molecular formula is C48H59Br3F3N10NaO4. The largest absolute Gasteiger partial charge is 1.00 e. The number of alkyl halides is 2. The summed E-state index contributed by atoms with van der Waals surface area (Å²) in [5, 5.41) is 8.99. The first-order valence-electron chi connectivity index (χ1n) is 22.0. The topological polar surface area (TPSA) is 153 Å². The van der Waals surface area contributed by atoms with Gasteiger partial charge in [0.25, 0.3) is 11.8 Å². The van der Waals surface area contributed by atoms with Crippen LogP contribution in [0.15, 0.2) is 82.5 Å². The van der Waals surface area contributed by atoms with Gasteiger partial charge in [0, 0.05) is 84.2 Å². The van der Waals surface area contributed by atoms with Crippen molar-refractivity contribution in [1.82, 2.24) is 39.3 Å². The number of nitrogens with one attached hydrogen (secondary N) is 3. The Balaban J connectivity index is 0.000000380. The van der Waals surface area contributed by atoms with Crippen LogP contribution < -0.4 is 55.0 Å². The molecule has 21 heteroatoms. The Hall–Kier alpha value is -4.47. The molecule has 14 nitrogen and oxygen atoms in total. The van der Waals surface area contributed by atoms with Crippen molar-refractivity contribution >= 4 is 71.5 Å². The van der Waals surface area contributed by atoms with Crippen molar-refractivity contribution in [2.75, 3.05) is 58.2 Å². The molecule has 2 atom stereocenters. The number of imidazole rings is 2. The van der Waals surface area contributed by atoms with Crippen LogP contribution >= 0.6 is 47.8 Å². The molecule has 2 amide bonds. The number of aromatic nitrogens is 6. The average Bonchev–Trinajstić information content (AvgIpc) is 3.98. The molecule has 0 spiro atoms. The molecule has 368 valence electrons. The van der Waals surface area contributed by atoms with E-state index in [2.05, 4.69) is 95.8 Å². The summed E-state index contributed by atoms with van der Waals surface area (Å²) in [5.41, 5.74) is 6.97. The fourth-order valence-electron chi connectivity index (χ4n) is 7.46. The molecule has 0 fully saturated rings. The monoisotopic (exact) mass is 1160 g/mol. The van der Waals surface area contributed by atoms with E-state index < -0.39 is 18.8 Å². The smallest absolute Gasteiger partial charge is 1.00 e. The van der Waals surface area contributed by atoms with Gasteiger partial charge in [-0.2, -0.15) is 0 Å². The molecule has 2 aromatic carbocycles. The van der Waals surface area contributed by atoms with E-state index in [1.165, 1.54) is 6.20 Å². The molecule has 3 N–H and O–H groups in total. The van der Waals surface area contributed by atoms with Gasteiger partial charge in [0.15, 0.2) is 23.1 Å². The van der Waals surface area contributed by atoms with Crippen molar-refractivity contribution in [1.29, 1.82) is 0 Å². The summed E-state index contributed by atoms with van der Waals surface area (Å²) in [6.07, 6.45) is 11.2. The number of hydrogen-bond acceptors (Lipinski definition) is 10. The van der Waals surface area contributed by atoms with Crippen molar-refractivity contribution in [3.8, 4) is 11.5 Å². The maximum Gasteiger partial charge on any atom is 1.00 e. The quantitative estimate of drug-likeness (QED) is 0.0770. The van der Waals surface area contributed by atoms with Crippen LogP contribution in [0.2, 0.25) is 0 Å². The second kappa shape index (κ2) is 28.4. The number of pyridine rings is 2. The van der Waals surface area contributed by atoms with Gasteiger partial charge in [-0.15, -0.1) is 0 Å². The van der Waals surface area contributed by atoms with E-state index in [9.17, 15) is 22.8 Å². The van der Waals surface area contributed by atoms with E-state index in [0.717, 1.165) is 73.4 Å². The van der Waals surface area contributed by atoms with Gasteiger partial charge in [-0.3, -0.25) is 23.9 Å². The third kappa shape index (κ3) is 15.0. The van der Waals surface area contributed by atoms with Gasteiger partial charge in [-0.05, 0) is 87.1 Å². The number of anilines is 2. The molecule has 0 bridgehead atoms. The SMILES string of the molecule is C.CCOc1cc(C(C)Br)ncc1F.CCOc1cc(C(C)N2CCc3c(Br)cc(Cn4ccnc4NC)cc3C2=O)ncc1F.CNc1nccn1Cc1cc(Br)c2c(c1)C(=O)NCC2.[2H]CF.[H-].[Na+]. The summed E-state index contributed by atoms with van der Waals surface area (Å²) >= 11 is 10.6. The normalized spacial score (nSPS) is 13.3. The van der Waals surface area contributed by atoms with Crippen molar-refractivity contribution in [2.45, 2.75) is 71.9 Å². The van der Waals surface area contributed by atoms with Crippen LogP contribution in [-0.2, 0) is 25.9 Å². The van der Waals surface area contributed by atoms with Gasteiger partial charge >= 0.3 is 29.6 Å². The molecule has 4 aromatic heterocycles. The Kier molecular flexibility index (Phi) is 23.5. The minimum atomic E-state index is -1.00. The fourth-order valence-corrected chi connectivity index (χ4v) is 9.12. The Morgan fingerprint density at radius 3 is 1.77 bits per heavy atom. The van der Waals surface area contributed by atoms with Gasteiger partial charge in [-0.25, -0.2) is 18.7 Å². The first-order chi connectivity index (χ1) is 32.7. The summed E-state index contributed by atoms with van der Waals surface area (Å²) in [6, 6.07) is 10.9. The van der Waals surface area contributed by atoms with Crippen LogP contribution in [0.3, 0.4) is 0 Å². The second-order valence-electron chi connectivity index (χ2n) is 15.0. The Labute approximate surface area is 452 Å². The van der Waals surface area contributed by atoms with Crippen LogP contribution in [-0.4, -0.2) is 93.3 Å². The number of halogens is 6. The minimum Gasteiger partial charge on any atom is -1.00 e. The predicted octanol–water partition coefficient (Wildman–Crippen LogP) is 7.86. The van der Waals surface area contributed by atoms with Crippen molar-refractivity contribution in [3.05, 3.63) is 139 Å². The molecule has 2 aliphatic heterocycles. The standard InChI is InChI=1S/C23H25BrFN5O2.C14H15BrN4O.C9H11BrFNO.CH3F.CH4.Na.H/c1-4-32-21-11-20(28-12-19(21)25)14(2)30-7-5-16-17(22(30)31)9-15(10-18(16)24)13-29-8-6-27-23(29)26-3;1-16-14-18-4-5-19(14)8-9-6-11-10(12(15)7-9)2-3-17-13(11)20;1-3-13-9-4-8(6(2)10)12-5-7(9)11;1-2;;;/h6,8-12,14H,4-5,7,13H2,1-3H3,(H,26,27);4-7H,2-3,8H2,1H3,(H,16,18)(H,17,20);4-6H,3H2,1-2H3;1H3;1H4;;/q;;;;;+1;-1/i;;;1D;;;.